The zero-order valence-corrected chi connectivity index (χ0v) is 12.5. The summed E-state index contributed by atoms with van der Waals surface area (Å²) in [4.78, 5) is 6.89. The standard InChI is InChI=1S/C13H20BrN3/c1-12(2)8-17(9-13(3,4)16-12)11-7-5-6-10(14)15-11/h5-7,16H,8-9H2,1-4H3. The molecule has 1 N–H and O–H groups in total. The van der Waals surface area contributed by atoms with Crippen LogP contribution in [-0.4, -0.2) is 29.2 Å². The third kappa shape index (κ3) is 3.19. The lowest BCUT2D eigenvalue weighted by Gasteiger charge is -2.48. The van der Waals surface area contributed by atoms with Crippen molar-refractivity contribution in [3.63, 3.8) is 0 Å². The zero-order chi connectivity index (χ0) is 12.7. The predicted octanol–water partition coefficient (Wildman–Crippen LogP) is 2.81. The zero-order valence-electron chi connectivity index (χ0n) is 10.9. The molecule has 0 bridgehead atoms. The van der Waals surface area contributed by atoms with Crippen molar-refractivity contribution in [3.8, 4) is 0 Å². The molecule has 1 aliphatic heterocycles. The third-order valence-corrected chi connectivity index (χ3v) is 3.32. The summed E-state index contributed by atoms with van der Waals surface area (Å²) in [5, 5.41) is 3.67. The van der Waals surface area contributed by atoms with Crippen LogP contribution in [-0.2, 0) is 0 Å². The summed E-state index contributed by atoms with van der Waals surface area (Å²) in [6.07, 6.45) is 0. The Labute approximate surface area is 112 Å². The van der Waals surface area contributed by atoms with Crippen LogP contribution in [0.15, 0.2) is 22.8 Å². The van der Waals surface area contributed by atoms with Gasteiger partial charge >= 0.3 is 0 Å². The summed E-state index contributed by atoms with van der Waals surface area (Å²) in [6.45, 7) is 10.9. The van der Waals surface area contributed by atoms with E-state index in [1.165, 1.54) is 0 Å². The molecule has 1 aliphatic rings. The van der Waals surface area contributed by atoms with Crippen LogP contribution in [0.25, 0.3) is 0 Å². The maximum absolute atomic E-state index is 4.54. The number of piperazine rings is 1. The number of hydrogen-bond acceptors (Lipinski definition) is 3. The minimum atomic E-state index is 0.103. The molecule has 1 aromatic rings. The van der Waals surface area contributed by atoms with Gasteiger partial charge in [0, 0.05) is 24.2 Å². The number of pyridine rings is 1. The molecule has 0 radical (unpaired) electrons. The highest BCUT2D eigenvalue weighted by atomic mass is 79.9. The van der Waals surface area contributed by atoms with Gasteiger partial charge < -0.3 is 10.2 Å². The molecule has 0 amide bonds. The van der Waals surface area contributed by atoms with Gasteiger partial charge in [0.1, 0.15) is 10.4 Å². The lowest BCUT2D eigenvalue weighted by Crippen LogP contribution is -2.67. The molecule has 2 heterocycles. The van der Waals surface area contributed by atoms with E-state index in [2.05, 4.69) is 64.9 Å². The van der Waals surface area contributed by atoms with Gasteiger partial charge in [-0.1, -0.05) is 6.07 Å². The number of rotatable bonds is 1. The topological polar surface area (TPSA) is 28.2 Å². The van der Waals surface area contributed by atoms with Gasteiger partial charge in [-0.15, -0.1) is 0 Å². The molecule has 4 heteroatoms. The number of anilines is 1. The number of aromatic nitrogens is 1. The first-order valence-electron chi connectivity index (χ1n) is 5.94. The van der Waals surface area contributed by atoms with Gasteiger partial charge in [-0.3, -0.25) is 0 Å². The molecule has 94 valence electrons. The second-order valence-electron chi connectivity index (χ2n) is 6.07. The van der Waals surface area contributed by atoms with Gasteiger partial charge in [-0.2, -0.15) is 0 Å². The van der Waals surface area contributed by atoms with Gasteiger partial charge in [0.05, 0.1) is 0 Å². The minimum Gasteiger partial charge on any atom is -0.353 e. The Hall–Kier alpha value is -0.610. The largest absolute Gasteiger partial charge is 0.353 e. The summed E-state index contributed by atoms with van der Waals surface area (Å²) in [5.74, 6) is 1.04. The Morgan fingerprint density at radius 2 is 1.76 bits per heavy atom. The van der Waals surface area contributed by atoms with Crippen molar-refractivity contribution in [1.29, 1.82) is 0 Å². The lowest BCUT2D eigenvalue weighted by molar-refractivity contribution is 0.225. The Bertz CT molecular complexity index is 399. The molecule has 0 unspecified atom stereocenters. The van der Waals surface area contributed by atoms with E-state index in [1.807, 2.05) is 12.1 Å². The van der Waals surface area contributed by atoms with Crippen molar-refractivity contribution in [2.24, 2.45) is 0 Å². The average molecular weight is 298 g/mol. The first-order valence-corrected chi connectivity index (χ1v) is 6.74. The van der Waals surface area contributed by atoms with E-state index in [9.17, 15) is 0 Å². The van der Waals surface area contributed by atoms with Crippen LogP contribution < -0.4 is 10.2 Å². The van der Waals surface area contributed by atoms with Crippen molar-refractivity contribution in [2.45, 2.75) is 38.8 Å². The van der Waals surface area contributed by atoms with Gasteiger partial charge in [0.15, 0.2) is 0 Å². The van der Waals surface area contributed by atoms with E-state index in [4.69, 9.17) is 0 Å². The molecule has 0 aromatic carbocycles. The fraction of sp³-hybridized carbons (Fsp3) is 0.615. The molecule has 3 nitrogen and oxygen atoms in total. The van der Waals surface area contributed by atoms with Gasteiger partial charge in [-0.05, 0) is 55.8 Å². The molecule has 1 aromatic heterocycles. The molecule has 0 aliphatic carbocycles. The van der Waals surface area contributed by atoms with Crippen LogP contribution in [0, 0.1) is 0 Å². The van der Waals surface area contributed by atoms with Crippen molar-refractivity contribution >= 4 is 21.7 Å². The number of halogens is 1. The molecular formula is C13H20BrN3. The fourth-order valence-electron chi connectivity index (χ4n) is 2.74. The third-order valence-electron chi connectivity index (χ3n) is 2.87. The van der Waals surface area contributed by atoms with E-state index >= 15 is 0 Å². The Balaban J connectivity index is 2.27. The first kappa shape index (κ1) is 12.8. The lowest BCUT2D eigenvalue weighted by atomic mass is 9.91. The summed E-state index contributed by atoms with van der Waals surface area (Å²) < 4.78 is 0.893. The van der Waals surface area contributed by atoms with E-state index in [0.717, 1.165) is 23.5 Å². The van der Waals surface area contributed by atoms with E-state index in [0.29, 0.717) is 0 Å². The number of nitrogens with zero attached hydrogens (tertiary/aromatic N) is 2. The van der Waals surface area contributed by atoms with Gasteiger partial charge in [0.2, 0.25) is 0 Å². The average Bonchev–Trinajstić information content (AvgIpc) is 2.12. The molecule has 1 fully saturated rings. The van der Waals surface area contributed by atoms with Crippen LogP contribution in [0.1, 0.15) is 27.7 Å². The molecule has 0 spiro atoms. The van der Waals surface area contributed by atoms with Crippen molar-refractivity contribution < 1.29 is 0 Å². The normalized spacial score (nSPS) is 22.5. The molecular weight excluding hydrogens is 278 g/mol. The van der Waals surface area contributed by atoms with E-state index in [1.54, 1.807) is 0 Å². The molecule has 2 rings (SSSR count). The summed E-state index contributed by atoms with van der Waals surface area (Å²) in [7, 11) is 0. The molecule has 0 saturated carbocycles. The van der Waals surface area contributed by atoms with Crippen LogP contribution in [0.3, 0.4) is 0 Å². The summed E-state index contributed by atoms with van der Waals surface area (Å²) in [5.41, 5.74) is 0.206. The smallest absolute Gasteiger partial charge is 0.129 e. The SMILES string of the molecule is CC1(C)CN(c2cccc(Br)n2)CC(C)(C)N1. The highest BCUT2D eigenvalue weighted by Gasteiger charge is 2.36. The summed E-state index contributed by atoms with van der Waals surface area (Å²) in [6, 6.07) is 6.07. The second-order valence-corrected chi connectivity index (χ2v) is 6.88. The molecule has 1 saturated heterocycles. The molecule has 0 atom stereocenters. The fourth-order valence-corrected chi connectivity index (χ4v) is 3.08. The van der Waals surface area contributed by atoms with E-state index < -0.39 is 0 Å². The Kier molecular flexibility index (Phi) is 3.21. The van der Waals surface area contributed by atoms with Gasteiger partial charge in [-0.25, -0.2) is 4.98 Å². The molecule has 17 heavy (non-hydrogen) atoms. The van der Waals surface area contributed by atoms with Gasteiger partial charge in [0.25, 0.3) is 0 Å². The van der Waals surface area contributed by atoms with Crippen LogP contribution in [0.4, 0.5) is 5.82 Å². The van der Waals surface area contributed by atoms with Crippen LogP contribution >= 0.6 is 15.9 Å². The maximum Gasteiger partial charge on any atom is 0.129 e. The highest BCUT2D eigenvalue weighted by molar-refractivity contribution is 9.10. The summed E-state index contributed by atoms with van der Waals surface area (Å²) >= 11 is 3.43. The first-order chi connectivity index (χ1) is 7.77. The minimum absolute atomic E-state index is 0.103. The van der Waals surface area contributed by atoms with Crippen molar-refractivity contribution in [3.05, 3.63) is 22.8 Å². The second kappa shape index (κ2) is 4.25. The van der Waals surface area contributed by atoms with Crippen molar-refractivity contribution in [1.82, 2.24) is 10.3 Å². The number of hydrogen-bond donors (Lipinski definition) is 1. The van der Waals surface area contributed by atoms with E-state index in [-0.39, 0.29) is 11.1 Å². The Morgan fingerprint density at radius 3 is 2.29 bits per heavy atom. The maximum atomic E-state index is 4.54. The van der Waals surface area contributed by atoms with Crippen LogP contribution in [0.2, 0.25) is 0 Å². The quantitative estimate of drug-likeness (QED) is 0.808. The van der Waals surface area contributed by atoms with Crippen LogP contribution in [0.5, 0.6) is 0 Å². The van der Waals surface area contributed by atoms with Crippen molar-refractivity contribution in [2.75, 3.05) is 18.0 Å². The predicted molar refractivity (Wildman–Crippen MR) is 75.4 cm³/mol. The Morgan fingerprint density at radius 1 is 1.18 bits per heavy atom. The monoisotopic (exact) mass is 297 g/mol. The highest BCUT2D eigenvalue weighted by Crippen LogP contribution is 2.25. The number of nitrogens with one attached hydrogen (secondary N) is 1.